The smallest absolute Gasteiger partial charge is 0.462 e. The van der Waals surface area contributed by atoms with E-state index in [0.29, 0.717) is 38.5 Å². The van der Waals surface area contributed by atoms with E-state index in [0.717, 1.165) is 141 Å². The molecular formula is C91H180N4O15P2. The standard InChI is InChI=1S/C91H180N4O15P2/c1-7-13-19-25-31-37-41-45-49-55-61-67-73-89(98)109-85(69-63-57-51-35-29-23-17-11-5)79-83(94-87(96)71-65-59-53-47-43-39-33-27-21-15-9-3)81-107-111(101,102)105-77-75-92-91(100)93-76-78-106-112(103,104)108-82-84(95-88(97)72-66-60-54-48-44-40-34-28-22-16-10-4)80-86(70-64-58-52-36-30-24-18-12-6)110-90(99)74-68-62-56-50-46-42-38-32-26-20-14-8-2/h83-86H,7-82H2,1-6H3,(H,94,96)(H,95,97)(H,101,102)(H,103,104)(H2,92,93,100)/t83-,84-,85?,86?/m1/s1. The summed E-state index contributed by atoms with van der Waals surface area (Å²) in [5.74, 6) is -0.959. The Labute approximate surface area is 688 Å². The molecule has 0 heterocycles. The number of amides is 4. The van der Waals surface area contributed by atoms with Gasteiger partial charge in [-0.05, 0) is 51.4 Å². The largest absolute Gasteiger partial charge is 0.472 e. The highest BCUT2D eigenvalue weighted by atomic mass is 31.2. The number of nitrogens with one attached hydrogen (secondary N) is 4. The molecule has 0 radical (unpaired) electrons. The van der Waals surface area contributed by atoms with E-state index < -0.39 is 59.2 Å². The zero-order chi connectivity index (χ0) is 82.0. The van der Waals surface area contributed by atoms with E-state index in [-0.39, 0.29) is 75.7 Å². The average molecular weight is 1630 g/mol. The van der Waals surface area contributed by atoms with Crippen LogP contribution in [0.3, 0.4) is 0 Å². The maximum Gasteiger partial charge on any atom is 0.472 e. The Kier molecular flexibility index (Phi) is 81.5. The van der Waals surface area contributed by atoms with Crippen LogP contribution in [0, 0.1) is 0 Å². The second-order valence-corrected chi connectivity index (χ2v) is 35.9. The normalized spacial score (nSPS) is 13.8. The van der Waals surface area contributed by atoms with Crippen molar-refractivity contribution in [1.29, 1.82) is 0 Å². The number of rotatable bonds is 90. The van der Waals surface area contributed by atoms with E-state index in [2.05, 4.69) is 62.8 Å². The molecule has 0 rings (SSSR count). The first kappa shape index (κ1) is 109. The molecule has 0 aliphatic rings. The molecule has 4 unspecified atom stereocenters. The first-order valence-electron chi connectivity index (χ1n) is 47.8. The van der Waals surface area contributed by atoms with Gasteiger partial charge in [0.15, 0.2) is 0 Å². The first-order chi connectivity index (χ1) is 54.5. The number of esters is 2. The molecule has 21 heteroatoms. The number of ether oxygens (including phenoxy) is 2. The van der Waals surface area contributed by atoms with E-state index in [1.807, 2.05) is 0 Å². The lowest BCUT2D eigenvalue weighted by molar-refractivity contribution is -0.151. The minimum Gasteiger partial charge on any atom is -0.462 e. The van der Waals surface area contributed by atoms with E-state index in [4.69, 9.17) is 27.6 Å². The number of hydrogen-bond acceptors (Lipinski definition) is 13. The molecule has 0 saturated carbocycles. The van der Waals surface area contributed by atoms with Gasteiger partial charge in [-0.2, -0.15) is 0 Å². The van der Waals surface area contributed by atoms with Gasteiger partial charge in [0.25, 0.3) is 0 Å². The Bertz CT molecular complexity index is 2060. The number of carbonyl (C=O) groups excluding carboxylic acids is 5. The van der Waals surface area contributed by atoms with Crippen LogP contribution in [0.15, 0.2) is 0 Å². The number of urea groups is 1. The van der Waals surface area contributed by atoms with Crippen LogP contribution in [0.1, 0.15) is 491 Å². The Morgan fingerprint density at radius 3 is 0.714 bits per heavy atom. The van der Waals surface area contributed by atoms with Gasteiger partial charge >= 0.3 is 33.6 Å². The zero-order valence-electron chi connectivity index (χ0n) is 73.6. The zero-order valence-corrected chi connectivity index (χ0v) is 75.4. The monoisotopic (exact) mass is 1630 g/mol. The molecule has 0 aromatic heterocycles. The second-order valence-electron chi connectivity index (χ2n) is 33.0. The van der Waals surface area contributed by atoms with Crippen LogP contribution < -0.4 is 21.3 Å². The van der Waals surface area contributed by atoms with E-state index in [1.54, 1.807) is 0 Å². The minimum absolute atomic E-state index is 0.199. The van der Waals surface area contributed by atoms with Crippen LogP contribution in [0.4, 0.5) is 4.79 Å². The molecule has 4 amide bonds. The van der Waals surface area contributed by atoms with Crippen molar-refractivity contribution in [3.63, 3.8) is 0 Å². The van der Waals surface area contributed by atoms with Gasteiger partial charge in [0.2, 0.25) is 11.8 Å². The van der Waals surface area contributed by atoms with Crippen molar-refractivity contribution in [3.05, 3.63) is 0 Å². The van der Waals surface area contributed by atoms with Crippen LogP contribution in [0.25, 0.3) is 0 Å². The van der Waals surface area contributed by atoms with Gasteiger partial charge in [0.1, 0.15) is 12.2 Å². The van der Waals surface area contributed by atoms with Crippen molar-refractivity contribution in [2.75, 3.05) is 39.5 Å². The maximum absolute atomic E-state index is 13.6. The third kappa shape index (κ3) is 79.8. The number of hydrogen-bond donors (Lipinski definition) is 6. The molecule has 6 N–H and O–H groups in total. The summed E-state index contributed by atoms with van der Waals surface area (Å²) >= 11 is 0. The highest BCUT2D eigenvalue weighted by molar-refractivity contribution is 7.47. The lowest BCUT2D eigenvalue weighted by Crippen LogP contribution is -2.41. The second kappa shape index (κ2) is 83.4. The summed E-state index contributed by atoms with van der Waals surface area (Å²) in [5, 5.41) is 11.2. The maximum atomic E-state index is 13.6. The topological polar surface area (TPSA) is 263 Å². The van der Waals surface area contributed by atoms with E-state index in [9.17, 15) is 42.9 Å². The molecule has 0 aliphatic heterocycles. The fraction of sp³-hybridized carbons (Fsp3) is 0.945. The molecule has 0 bridgehead atoms. The molecule has 0 spiro atoms. The molecule has 6 atom stereocenters. The molecule has 19 nitrogen and oxygen atoms in total. The van der Waals surface area contributed by atoms with Gasteiger partial charge in [0.05, 0.1) is 38.5 Å². The van der Waals surface area contributed by atoms with Crippen LogP contribution >= 0.6 is 15.6 Å². The van der Waals surface area contributed by atoms with Crippen LogP contribution in [-0.2, 0) is 55.9 Å². The fourth-order valence-corrected chi connectivity index (χ4v) is 16.3. The lowest BCUT2D eigenvalue weighted by atomic mass is 10.0. The summed E-state index contributed by atoms with van der Waals surface area (Å²) in [7, 11) is -9.48. The van der Waals surface area contributed by atoms with Gasteiger partial charge < -0.3 is 40.5 Å². The molecule has 0 aromatic rings. The van der Waals surface area contributed by atoms with Gasteiger partial charge in [-0.15, -0.1) is 0 Å². The van der Waals surface area contributed by atoms with Crippen LogP contribution in [0.2, 0.25) is 0 Å². The van der Waals surface area contributed by atoms with Crippen LogP contribution in [0.5, 0.6) is 0 Å². The Hall–Kier alpha value is -2.63. The van der Waals surface area contributed by atoms with Crippen molar-refractivity contribution in [1.82, 2.24) is 21.3 Å². The summed E-state index contributed by atoms with van der Waals surface area (Å²) < 4.78 is 61.0. The van der Waals surface area contributed by atoms with Gasteiger partial charge in [-0.1, -0.05) is 401 Å². The predicted molar refractivity (Wildman–Crippen MR) is 466 cm³/mol. The lowest BCUT2D eigenvalue weighted by Gasteiger charge is -2.26. The fourth-order valence-electron chi connectivity index (χ4n) is 14.8. The molecule has 0 aliphatic carbocycles. The molecule has 664 valence electrons. The summed E-state index contributed by atoms with van der Waals surface area (Å²) in [6.07, 6.45) is 73.3. The van der Waals surface area contributed by atoms with Crippen molar-refractivity contribution < 1.29 is 70.5 Å². The van der Waals surface area contributed by atoms with E-state index in [1.165, 1.54) is 244 Å². The molecule has 0 saturated heterocycles. The highest BCUT2D eigenvalue weighted by Gasteiger charge is 2.30. The number of phosphoric ester groups is 2. The number of phosphoric acid groups is 2. The van der Waals surface area contributed by atoms with Crippen molar-refractivity contribution in [2.45, 2.75) is 515 Å². The quantitative estimate of drug-likeness (QED) is 0.0188. The molecule has 0 aromatic carbocycles. The first-order valence-corrected chi connectivity index (χ1v) is 50.7. The Morgan fingerprint density at radius 1 is 0.277 bits per heavy atom. The van der Waals surface area contributed by atoms with Gasteiger partial charge in [0, 0.05) is 51.6 Å². The summed E-state index contributed by atoms with van der Waals surface area (Å²) in [6.45, 7) is 11.4. The SMILES string of the molecule is CCCCCCCCCCCCCCC(=O)OC(CCCCCCCCCC)C[C@H](COP(=O)(O)OCCNC(=O)NCCOP(=O)(O)OC[C@@H](CC(CCCCCCCCCC)OC(=O)CCCCCCCCCCCCCC)NC(=O)CCCCCCCCCCCCC)NC(=O)CCCCCCCCCCCCC. The molecular weight excluding hydrogens is 1450 g/mol. The van der Waals surface area contributed by atoms with Crippen LogP contribution in [-0.4, -0.2) is 103 Å². The number of unbranched alkanes of at least 4 members (excludes halogenated alkanes) is 56. The highest BCUT2D eigenvalue weighted by Crippen LogP contribution is 2.44. The third-order valence-corrected chi connectivity index (χ3v) is 23.8. The third-order valence-electron chi connectivity index (χ3n) is 21.8. The summed E-state index contributed by atoms with van der Waals surface area (Å²) in [5.41, 5.74) is 0. The van der Waals surface area contributed by atoms with Crippen molar-refractivity contribution in [2.24, 2.45) is 0 Å². The summed E-state index contributed by atoms with van der Waals surface area (Å²) in [4.78, 5) is 89.1. The van der Waals surface area contributed by atoms with Crippen molar-refractivity contribution >= 4 is 45.4 Å². The molecule has 112 heavy (non-hydrogen) atoms. The van der Waals surface area contributed by atoms with Gasteiger partial charge in [-0.3, -0.25) is 37.3 Å². The summed E-state index contributed by atoms with van der Waals surface area (Å²) in [6, 6.07) is -2.23. The number of carbonyl (C=O) groups is 5. The average Bonchev–Trinajstić information content (AvgIpc) is 0.897. The van der Waals surface area contributed by atoms with Crippen molar-refractivity contribution in [3.8, 4) is 0 Å². The molecule has 0 fully saturated rings. The minimum atomic E-state index is -4.74. The van der Waals surface area contributed by atoms with Gasteiger partial charge in [-0.25, -0.2) is 13.9 Å². The van der Waals surface area contributed by atoms with E-state index >= 15 is 0 Å². The Balaban J connectivity index is 5.93. The Morgan fingerprint density at radius 2 is 0.482 bits per heavy atom. The predicted octanol–water partition coefficient (Wildman–Crippen LogP) is 26.8.